The van der Waals surface area contributed by atoms with Gasteiger partial charge in [-0.1, -0.05) is 48.0 Å². The number of nitrogens with zero attached hydrogens (tertiary/aromatic N) is 6. The van der Waals surface area contributed by atoms with Crippen molar-refractivity contribution >= 4 is 68.4 Å². The number of aromatic nitrogens is 2. The number of nitrogens with one attached hydrogen (secondary N) is 2. The second-order valence-electron chi connectivity index (χ2n) is 9.20. The van der Waals surface area contributed by atoms with E-state index in [0.29, 0.717) is 48.3 Å². The molecule has 0 spiro atoms. The minimum Gasteiger partial charge on any atom is -0.340 e. The molecule has 38 heavy (non-hydrogen) atoms. The highest BCUT2D eigenvalue weighted by atomic mass is 32.2. The van der Waals surface area contributed by atoms with Gasteiger partial charge in [0.05, 0.1) is 25.1 Å². The van der Waals surface area contributed by atoms with E-state index in [-0.39, 0.29) is 11.8 Å². The third kappa shape index (κ3) is 6.61. The summed E-state index contributed by atoms with van der Waals surface area (Å²) in [4.78, 5) is 37.6. The third-order valence-electron chi connectivity index (χ3n) is 6.75. The van der Waals surface area contributed by atoms with E-state index in [9.17, 15) is 9.59 Å². The number of rotatable bonds is 6. The fraction of sp³-hybridized carbons (Fsp3) is 0.417. The Bertz CT molecular complexity index is 1080. The monoisotopic (exact) mass is 588 g/mol. The lowest BCUT2D eigenvalue weighted by atomic mass is 9.90. The Kier molecular flexibility index (Phi) is 9.07. The summed E-state index contributed by atoms with van der Waals surface area (Å²) in [5.74, 6) is 0.922. The first-order chi connectivity index (χ1) is 18.5. The maximum Gasteiger partial charge on any atom is 0.265 e. The summed E-state index contributed by atoms with van der Waals surface area (Å²) < 4.78 is 1.74. The Morgan fingerprint density at radius 2 is 1.08 bits per heavy atom. The van der Waals surface area contributed by atoms with Crippen LogP contribution in [-0.4, -0.2) is 87.4 Å². The lowest BCUT2D eigenvalue weighted by Gasteiger charge is -2.47. The smallest absolute Gasteiger partial charge is 0.265 e. The Morgan fingerprint density at radius 3 is 1.45 bits per heavy atom. The van der Waals surface area contributed by atoms with Crippen molar-refractivity contribution in [3.63, 3.8) is 0 Å². The lowest BCUT2D eigenvalue weighted by molar-refractivity contribution is 0.0578. The standard InChI is InChI=1S/C24H28N8O2S4/c33-21(17-5-9-25-10-6-17)27-29-13-31(23(35)37-15-29)19-1-2-20(4-3-19)32-14-30(16-38-24(32)36)28-22(34)18-7-11-26-12-8-18/h5-12,19-20H,1-4,13-16H2,(H,27,33)(H,28,34). The number of carbonyl (C=O) groups is 2. The molecule has 0 unspecified atom stereocenters. The zero-order chi connectivity index (χ0) is 26.5. The second kappa shape index (κ2) is 12.7. The van der Waals surface area contributed by atoms with Gasteiger partial charge in [0.2, 0.25) is 0 Å². The van der Waals surface area contributed by atoms with Gasteiger partial charge in [0.25, 0.3) is 11.8 Å². The summed E-state index contributed by atoms with van der Waals surface area (Å²) in [6.07, 6.45) is 10.4. The van der Waals surface area contributed by atoms with Crippen molar-refractivity contribution in [2.45, 2.75) is 37.8 Å². The molecule has 2 amide bonds. The summed E-state index contributed by atoms with van der Waals surface area (Å²) in [5.41, 5.74) is 7.14. The minimum absolute atomic E-state index is 0.152. The van der Waals surface area contributed by atoms with Gasteiger partial charge in [0, 0.05) is 48.0 Å². The Balaban J connectivity index is 1.13. The molecule has 1 saturated carbocycles. The van der Waals surface area contributed by atoms with Crippen LogP contribution in [0.3, 0.4) is 0 Å². The van der Waals surface area contributed by atoms with Crippen molar-refractivity contribution in [3.8, 4) is 0 Å². The number of amides is 2. The highest BCUT2D eigenvalue weighted by Gasteiger charge is 2.36. The summed E-state index contributed by atoms with van der Waals surface area (Å²) >= 11 is 14.5. The van der Waals surface area contributed by atoms with E-state index < -0.39 is 0 Å². The van der Waals surface area contributed by atoms with Crippen molar-refractivity contribution in [3.05, 3.63) is 60.2 Å². The average Bonchev–Trinajstić information content (AvgIpc) is 2.96. The quantitative estimate of drug-likeness (QED) is 0.486. The van der Waals surface area contributed by atoms with Gasteiger partial charge in [0.1, 0.15) is 8.64 Å². The van der Waals surface area contributed by atoms with Gasteiger partial charge >= 0.3 is 0 Å². The van der Waals surface area contributed by atoms with Gasteiger partial charge in [-0.25, -0.2) is 0 Å². The lowest BCUT2D eigenvalue weighted by Crippen LogP contribution is -2.58. The molecule has 14 heteroatoms. The largest absolute Gasteiger partial charge is 0.340 e. The predicted octanol–water partition coefficient (Wildman–Crippen LogP) is 2.88. The number of hydrazine groups is 2. The topological polar surface area (TPSA) is 96.9 Å². The maximum atomic E-state index is 12.6. The molecule has 10 nitrogen and oxygen atoms in total. The number of hydrogen-bond donors (Lipinski definition) is 2. The van der Waals surface area contributed by atoms with Crippen molar-refractivity contribution in [2.24, 2.45) is 0 Å². The number of hydrogen-bond acceptors (Lipinski definition) is 10. The van der Waals surface area contributed by atoms with E-state index in [1.807, 2.05) is 10.0 Å². The normalized spacial score (nSPS) is 23.3. The zero-order valence-corrected chi connectivity index (χ0v) is 23.8. The molecule has 0 atom stereocenters. The SMILES string of the molecule is O=C(NN1CSC(=S)N(C2CCC(N3CN(NC(=O)c4ccncc4)CSC3=S)CC2)C1)c1ccncc1. The van der Waals surface area contributed by atoms with Crippen LogP contribution in [0.25, 0.3) is 0 Å². The third-order valence-corrected chi connectivity index (χ3v) is 9.78. The van der Waals surface area contributed by atoms with Gasteiger partial charge in [-0.3, -0.25) is 30.4 Å². The molecule has 2 aliphatic heterocycles. The molecule has 2 N–H and O–H groups in total. The molecular formula is C24H28N8O2S4. The fourth-order valence-electron chi connectivity index (χ4n) is 4.77. The minimum atomic E-state index is -0.152. The van der Waals surface area contributed by atoms with Crippen LogP contribution in [0.5, 0.6) is 0 Å². The molecule has 1 aliphatic carbocycles. The van der Waals surface area contributed by atoms with Gasteiger partial charge in [-0.05, 0) is 49.9 Å². The van der Waals surface area contributed by atoms with E-state index in [1.165, 1.54) is 0 Å². The number of thiocarbonyl (C=S) groups is 2. The van der Waals surface area contributed by atoms with Crippen molar-refractivity contribution in [1.29, 1.82) is 0 Å². The van der Waals surface area contributed by atoms with Crippen LogP contribution >= 0.6 is 48.0 Å². The fourth-order valence-corrected chi connectivity index (χ4v) is 7.07. The average molecular weight is 589 g/mol. The first-order valence-corrected chi connectivity index (χ1v) is 15.1. The van der Waals surface area contributed by atoms with E-state index in [4.69, 9.17) is 24.4 Å². The van der Waals surface area contributed by atoms with Crippen LogP contribution in [0.4, 0.5) is 0 Å². The number of thioether (sulfide) groups is 2. The first kappa shape index (κ1) is 27.2. The number of pyridine rings is 2. The predicted molar refractivity (Wildman–Crippen MR) is 157 cm³/mol. The molecule has 2 aromatic heterocycles. The molecule has 200 valence electrons. The molecular weight excluding hydrogens is 561 g/mol. The summed E-state index contributed by atoms with van der Waals surface area (Å²) in [5, 5.41) is 3.82. The molecule has 4 heterocycles. The van der Waals surface area contributed by atoms with E-state index >= 15 is 0 Å². The van der Waals surface area contributed by atoms with E-state index in [0.717, 1.165) is 34.3 Å². The van der Waals surface area contributed by atoms with Crippen LogP contribution in [0.2, 0.25) is 0 Å². The molecule has 3 aliphatic rings. The van der Waals surface area contributed by atoms with Gasteiger partial charge in [-0.2, -0.15) is 10.0 Å². The zero-order valence-electron chi connectivity index (χ0n) is 20.6. The number of carbonyl (C=O) groups excluding carboxylic acids is 2. The van der Waals surface area contributed by atoms with Crippen molar-refractivity contribution < 1.29 is 9.59 Å². The Labute approximate surface area is 240 Å². The van der Waals surface area contributed by atoms with E-state index in [1.54, 1.807) is 72.6 Å². The highest BCUT2D eigenvalue weighted by Crippen LogP contribution is 2.33. The molecule has 0 bridgehead atoms. The molecule has 2 saturated heterocycles. The summed E-state index contributed by atoms with van der Waals surface area (Å²) in [6, 6.07) is 7.41. The highest BCUT2D eigenvalue weighted by molar-refractivity contribution is 8.23. The van der Waals surface area contributed by atoms with Gasteiger partial charge in [-0.15, -0.1) is 0 Å². The van der Waals surface area contributed by atoms with Crippen molar-refractivity contribution in [2.75, 3.05) is 25.1 Å². The Hall–Kier alpha value is -2.36. The van der Waals surface area contributed by atoms with Crippen LogP contribution in [-0.2, 0) is 0 Å². The molecule has 2 aromatic rings. The van der Waals surface area contributed by atoms with Crippen LogP contribution < -0.4 is 10.9 Å². The van der Waals surface area contributed by atoms with E-state index in [2.05, 4.69) is 30.6 Å². The molecule has 0 radical (unpaired) electrons. The van der Waals surface area contributed by atoms with Crippen LogP contribution in [0.1, 0.15) is 46.4 Å². The molecule has 0 aromatic carbocycles. The molecule has 5 rings (SSSR count). The Morgan fingerprint density at radius 1 is 0.711 bits per heavy atom. The summed E-state index contributed by atoms with van der Waals surface area (Å²) in [7, 11) is 0. The van der Waals surface area contributed by atoms with Crippen molar-refractivity contribution in [1.82, 2.24) is 40.6 Å². The molecule has 3 fully saturated rings. The maximum absolute atomic E-state index is 12.6. The summed E-state index contributed by atoms with van der Waals surface area (Å²) in [6.45, 7) is 1.12. The van der Waals surface area contributed by atoms with Crippen LogP contribution in [0.15, 0.2) is 49.1 Å². The van der Waals surface area contributed by atoms with Crippen LogP contribution in [0, 0.1) is 0 Å². The second-order valence-corrected chi connectivity index (χ2v) is 12.4. The van der Waals surface area contributed by atoms with Gasteiger partial charge < -0.3 is 9.80 Å². The first-order valence-electron chi connectivity index (χ1n) is 12.3. The van der Waals surface area contributed by atoms with Gasteiger partial charge in [0.15, 0.2) is 0 Å².